The van der Waals surface area contributed by atoms with Crippen molar-refractivity contribution >= 4 is 0 Å². The van der Waals surface area contributed by atoms with Gasteiger partial charge in [-0.2, -0.15) is 0 Å². The average molecular weight is 235 g/mol. The van der Waals surface area contributed by atoms with E-state index in [9.17, 15) is 0 Å². The predicted octanol–water partition coefficient (Wildman–Crippen LogP) is 3.17. The Labute approximate surface area is 105 Å². The zero-order chi connectivity index (χ0) is 13.1. The summed E-state index contributed by atoms with van der Waals surface area (Å²) in [6, 6.07) is 6.38. The third-order valence-electron chi connectivity index (χ3n) is 3.63. The largest absolute Gasteiger partial charge is 0.496 e. The molecule has 17 heavy (non-hydrogen) atoms. The number of hydrogen-bond donors (Lipinski definition) is 1. The van der Waals surface area contributed by atoms with Gasteiger partial charge in [0.05, 0.1) is 7.11 Å². The maximum atomic E-state index is 6.32. The maximum absolute atomic E-state index is 6.32. The van der Waals surface area contributed by atoms with Crippen molar-refractivity contribution in [2.75, 3.05) is 7.11 Å². The number of hydrogen-bond acceptors (Lipinski definition) is 2. The van der Waals surface area contributed by atoms with E-state index in [0.717, 1.165) is 18.6 Å². The van der Waals surface area contributed by atoms with Crippen LogP contribution in [0.2, 0.25) is 0 Å². The number of benzene rings is 1. The van der Waals surface area contributed by atoms with Gasteiger partial charge in [0.25, 0.3) is 0 Å². The third-order valence-corrected chi connectivity index (χ3v) is 3.63. The second kappa shape index (κ2) is 5.54. The van der Waals surface area contributed by atoms with Gasteiger partial charge in [-0.15, -0.1) is 0 Å². The standard InChI is InChI=1S/C15H25NO/c1-6-13-9-12(7-8-14(13)17-5)10-15(4,16)11(2)3/h7-9,11H,6,10,16H2,1-5H3. The van der Waals surface area contributed by atoms with Crippen LogP contribution in [0.15, 0.2) is 18.2 Å². The summed E-state index contributed by atoms with van der Waals surface area (Å²) in [5, 5.41) is 0. The van der Waals surface area contributed by atoms with Gasteiger partial charge in [0.1, 0.15) is 5.75 Å². The topological polar surface area (TPSA) is 35.2 Å². The molecule has 0 radical (unpaired) electrons. The van der Waals surface area contributed by atoms with E-state index in [2.05, 4.69) is 39.8 Å². The zero-order valence-electron chi connectivity index (χ0n) is 11.7. The lowest BCUT2D eigenvalue weighted by Gasteiger charge is -2.29. The van der Waals surface area contributed by atoms with Crippen LogP contribution in [0, 0.1) is 5.92 Å². The summed E-state index contributed by atoms with van der Waals surface area (Å²) in [7, 11) is 1.72. The van der Waals surface area contributed by atoms with Gasteiger partial charge in [0.15, 0.2) is 0 Å². The summed E-state index contributed by atoms with van der Waals surface area (Å²) < 4.78 is 5.34. The Morgan fingerprint density at radius 1 is 1.35 bits per heavy atom. The second-order valence-corrected chi connectivity index (χ2v) is 5.34. The van der Waals surface area contributed by atoms with Crippen molar-refractivity contribution in [3.8, 4) is 5.75 Å². The van der Waals surface area contributed by atoms with Gasteiger partial charge in [-0.05, 0) is 42.9 Å². The molecular formula is C15H25NO. The molecule has 2 N–H and O–H groups in total. The highest BCUT2D eigenvalue weighted by Crippen LogP contribution is 2.24. The van der Waals surface area contributed by atoms with Crippen LogP contribution in [0.4, 0.5) is 0 Å². The molecule has 0 amide bonds. The van der Waals surface area contributed by atoms with E-state index in [1.807, 2.05) is 6.07 Å². The van der Waals surface area contributed by atoms with Gasteiger partial charge < -0.3 is 10.5 Å². The molecule has 0 saturated heterocycles. The van der Waals surface area contributed by atoms with Gasteiger partial charge in [0.2, 0.25) is 0 Å². The number of ether oxygens (including phenoxy) is 1. The molecule has 1 atom stereocenters. The Kier molecular flexibility index (Phi) is 4.58. The van der Waals surface area contributed by atoms with Crippen LogP contribution in [0.25, 0.3) is 0 Å². The first-order chi connectivity index (χ1) is 7.90. The Morgan fingerprint density at radius 3 is 2.47 bits per heavy atom. The molecule has 96 valence electrons. The fourth-order valence-electron chi connectivity index (χ4n) is 1.86. The predicted molar refractivity (Wildman–Crippen MR) is 73.5 cm³/mol. The minimum atomic E-state index is -0.153. The van der Waals surface area contributed by atoms with Crippen molar-refractivity contribution in [2.24, 2.45) is 11.7 Å². The van der Waals surface area contributed by atoms with Crippen LogP contribution < -0.4 is 10.5 Å². The fraction of sp³-hybridized carbons (Fsp3) is 0.600. The number of nitrogens with two attached hydrogens (primary N) is 1. The van der Waals surface area contributed by atoms with E-state index in [4.69, 9.17) is 10.5 Å². The van der Waals surface area contributed by atoms with Gasteiger partial charge in [0, 0.05) is 5.54 Å². The van der Waals surface area contributed by atoms with E-state index in [0.29, 0.717) is 5.92 Å². The van der Waals surface area contributed by atoms with Crippen molar-refractivity contribution in [3.63, 3.8) is 0 Å². The minimum absolute atomic E-state index is 0.153. The van der Waals surface area contributed by atoms with Crippen LogP contribution in [-0.4, -0.2) is 12.6 Å². The molecule has 1 rings (SSSR count). The molecule has 2 heteroatoms. The zero-order valence-corrected chi connectivity index (χ0v) is 11.7. The van der Waals surface area contributed by atoms with E-state index < -0.39 is 0 Å². The Hall–Kier alpha value is -1.02. The Morgan fingerprint density at radius 2 is 2.00 bits per heavy atom. The summed E-state index contributed by atoms with van der Waals surface area (Å²) in [5.41, 5.74) is 8.72. The van der Waals surface area contributed by atoms with Gasteiger partial charge in [-0.25, -0.2) is 0 Å². The van der Waals surface area contributed by atoms with Crippen molar-refractivity contribution in [3.05, 3.63) is 29.3 Å². The fourth-order valence-corrected chi connectivity index (χ4v) is 1.86. The van der Waals surface area contributed by atoms with Crippen LogP contribution in [0.3, 0.4) is 0 Å². The normalized spacial score (nSPS) is 14.8. The van der Waals surface area contributed by atoms with Gasteiger partial charge in [-0.1, -0.05) is 32.9 Å². The molecule has 2 nitrogen and oxygen atoms in total. The summed E-state index contributed by atoms with van der Waals surface area (Å²) in [6.45, 7) is 8.60. The summed E-state index contributed by atoms with van der Waals surface area (Å²) >= 11 is 0. The summed E-state index contributed by atoms with van der Waals surface area (Å²) in [5.74, 6) is 1.44. The van der Waals surface area contributed by atoms with E-state index in [1.165, 1.54) is 11.1 Å². The lowest BCUT2D eigenvalue weighted by atomic mass is 9.83. The third kappa shape index (κ3) is 3.47. The van der Waals surface area contributed by atoms with E-state index in [-0.39, 0.29) is 5.54 Å². The monoisotopic (exact) mass is 235 g/mol. The molecular weight excluding hydrogens is 210 g/mol. The van der Waals surface area contributed by atoms with E-state index >= 15 is 0 Å². The molecule has 1 unspecified atom stereocenters. The van der Waals surface area contributed by atoms with Crippen LogP contribution in [0.5, 0.6) is 5.75 Å². The molecule has 0 spiro atoms. The highest BCUT2D eigenvalue weighted by Gasteiger charge is 2.23. The number of aryl methyl sites for hydroxylation is 1. The van der Waals surface area contributed by atoms with Crippen molar-refractivity contribution in [1.82, 2.24) is 0 Å². The smallest absolute Gasteiger partial charge is 0.122 e. The minimum Gasteiger partial charge on any atom is -0.496 e. The van der Waals surface area contributed by atoms with Crippen molar-refractivity contribution < 1.29 is 4.74 Å². The quantitative estimate of drug-likeness (QED) is 0.850. The molecule has 1 aromatic carbocycles. The second-order valence-electron chi connectivity index (χ2n) is 5.34. The number of methoxy groups -OCH3 is 1. The first kappa shape index (κ1) is 14.0. The lowest BCUT2D eigenvalue weighted by Crippen LogP contribution is -2.43. The van der Waals surface area contributed by atoms with Crippen molar-refractivity contribution in [1.29, 1.82) is 0 Å². The first-order valence-electron chi connectivity index (χ1n) is 6.35. The first-order valence-corrected chi connectivity index (χ1v) is 6.35. The molecule has 0 fully saturated rings. The molecule has 0 saturated carbocycles. The van der Waals surface area contributed by atoms with Crippen LogP contribution in [-0.2, 0) is 12.8 Å². The Bertz CT molecular complexity index is 369. The number of rotatable bonds is 5. The van der Waals surface area contributed by atoms with Crippen LogP contribution >= 0.6 is 0 Å². The molecule has 0 aromatic heterocycles. The Balaban J connectivity index is 2.93. The van der Waals surface area contributed by atoms with Crippen molar-refractivity contribution in [2.45, 2.75) is 46.1 Å². The lowest BCUT2D eigenvalue weighted by molar-refractivity contribution is 0.337. The highest BCUT2D eigenvalue weighted by atomic mass is 16.5. The molecule has 0 aliphatic rings. The SMILES string of the molecule is CCc1cc(CC(C)(N)C(C)C)ccc1OC. The molecule has 0 aliphatic heterocycles. The van der Waals surface area contributed by atoms with Crippen LogP contribution in [0.1, 0.15) is 38.8 Å². The molecule has 0 heterocycles. The average Bonchev–Trinajstić information content (AvgIpc) is 2.28. The molecule has 1 aromatic rings. The molecule has 0 aliphatic carbocycles. The van der Waals surface area contributed by atoms with Gasteiger partial charge >= 0.3 is 0 Å². The summed E-state index contributed by atoms with van der Waals surface area (Å²) in [4.78, 5) is 0. The van der Waals surface area contributed by atoms with Gasteiger partial charge in [-0.3, -0.25) is 0 Å². The summed E-state index contributed by atoms with van der Waals surface area (Å²) in [6.07, 6.45) is 1.89. The highest BCUT2D eigenvalue weighted by molar-refractivity contribution is 5.37. The maximum Gasteiger partial charge on any atom is 0.122 e. The van der Waals surface area contributed by atoms with E-state index in [1.54, 1.807) is 7.11 Å². The molecule has 0 bridgehead atoms.